The fourth-order valence-electron chi connectivity index (χ4n) is 2.86. The first-order chi connectivity index (χ1) is 16.6. The highest BCUT2D eigenvalue weighted by Gasteiger charge is 2.25. The highest BCUT2D eigenvalue weighted by atomic mass is 32.2. The molecule has 1 amide bonds. The van der Waals surface area contributed by atoms with E-state index in [0.717, 1.165) is 6.07 Å². The van der Waals surface area contributed by atoms with Crippen molar-refractivity contribution in [3.05, 3.63) is 50.6 Å². The number of methoxy groups -OCH3 is 1. The summed E-state index contributed by atoms with van der Waals surface area (Å²) in [4.78, 5) is 46.0. The van der Waals surface area contributed by atoms with Gasteiger partial charge < -0.3 is 15.0 Å². The average molecular weight is 501 g/mol. The maximum absolute atomic E-state index is 11.7. The molecule has 0 unspecified atom stereocenters. The molecule has 0 aliphatic heterocycles. The highest BCUT2D eigenvalue weighted by molar-refractivity contribution is 8.03. The number of likely N-dealkylation sites (N-methyl/N-ethyl adjacent to an activating group) is 1. The molecular weight excluding hydrogens is 482 g/mol. The third kappa shape index (κ3) is 6.95. The van der Waals surface area contributed by atoms with E-state index in [2.05, 4.69) is 20.3 Å². The van der Waals surface area contributed by atoms with E-state index in [0.29, 0.717) is 30.1 Å². The van der Waals surface area contributed by atoms with Crippen LogP contribution in [0.1, 0.15) is 13.8 Å². The van der Waals surface area contributed by atoms with Crippen LogP contribution in [-0.2, 0) is 14.3 Å². The van der Waals surface area contributed by atoms with E-state index in [4.69, 9.17) is 5.26 Å². The number of nitrogens with zero attached hydrogens (tertiary/aromatic N) is 6. The Labute approximate surface area is 202 Å². The van der Waals surface area contributed by atoms with Crippen LogP contribution in [0.2, 0.25) is 0 Å². The van der Waals surface area contributed by atoms with E-state index in [1.807, 2.05) is 6.92 Å². The number of nitriles is 1. The molecule has 0 aliphatic carbocycles. The van der Waals surface area contributed by atoms with Gasteiger partial charge in [-0.2, -0.15) is 5.26 Å². The quantitative estimate of drug-likeness (QED) is 0.121. The van der Waals surface area contributed by atoms with Crippen LogP contribution >= 0.6 is 11.8 Å². The molecule has 15 heteroatoms. The zero-order valence-corrected chi connectivity index (χ0v) is 19.6. The smallest absolute Gasteiger partial charge is 0.325 e. The number of hydrogen-bond acceptors (Lipinski definition) is 12. The third-order valence-electron chi connectivity index (χ3n) is 4.46. The molecule has 0 aliphatic rings. The molecule has 0 saturated heterocycles. The molecule has 14 nitrogen and oxygen atoms in total. The number of amides is 1. The topological polar surface area (TPSA) is 193 Å². The Morgan fingerprint density at radius 3 is 2.34 bits per heavy atom. The second kappa shape index (κ2) is 12.0. The lowest BCUT2D eigenvalue weighted by Crippen LogP contribution is -2.30. The maximum atomic E-state index is 11.7. The van der Waals surface area contributed by atoms with Crippen molar-refractivity contribution in [1.82, 2.24) is 0 Å². The van der Waals surface area contributed by atoms with Crippen molar-refractivity contribution in [1.29, 1.82) is 5.26 Å². The zero-order valence-electron chi connectivity index (χ0n) is 18.8. The first-order valence-corrected chi connectivity index (χ1v) is 10.6. The standard InChI is InChI=1S/C20H19N7O7S/c1-4-25(10-20(29)34-3)13-5-6-14(15(7-13)22-12(2)28)23-24-16-8-19(35-11-21)18(27(32)33)9-17(16)26(30)31/h5-9H,4,10H2,1-3H3,(H,22,28). The summed E-state index contributed by atoms with van der Waals surface area (Å²) in [5.41, 5.74) is -0.725. The summed E-state index contributed by atoms with van der Waals surface area (Å²) in [6.07, 6.45) is 0. The van der Waals surface area contributed by atoms with Gasteiger partial charge in [0, 0.05) is 19.2 Å². The number of carbonyl (C=O) groups is 2. The second-order valence-electron chi connectivity index (χ2n) is 6.69. The first-order valence-electron chi connectivity index (χ1n) is 9.79. The van der Waals surface area contributed by atoms with Crippen LogP contribution in [0.15, 0.2) is 45.5 Å². The van der Waals surface area contributed by atoms with Crippen LogP contribution in [0.25, 0.3) is 0 Å². The van der Waals surface area contributed by atoms with Crippen LogP contribution in [0.3, 0.4) is 0 Å². The van der Waals surface area contributed by atoms with Crippen molar-refractivity contribution in [3.63, 3.8) is 0 Å². The summed E-state index contributed by atoms with van der Waals surface area (Å²) >= 11 is 0.452. The van der Waals surface area contributed by atoms with Gasteiger partial charge >= 0.3 is 11.7 Å². The summed E-state index contributed by atoms with van der Waals surface area (Å²) in [6.45, 7) is 3.50. The Hall–Kier alpha value is -4.58. The lowest BCUT2D eigenvalue weighted by atomic mass is 10.2. The number of esters is 1. The van der Waals surface area contributed by atoms with Crippen LogP contribution in [-0.4, -0.2) is 41.9 Å². The summed E-state index contributed by atoms with van der Waals surface area (Å²) < 4.78 is 4.69. The Kier molecular flexibility index (Phi) is 9.18. The van der Waals surface area contributed by atoms with Crippen molar-refractivity contribution < 1.29 is 24.2 Å². The average Bonchev–Trinajstić information content (AvgIpc) is 2.80. The molecule has 0 fully saturated rings. The molecule has 0 spiro atoms. The number of carbonyl (C=O) groups excluding carboxylic acids is 2. The molecule has 2 rings (SSSR count). The SMILES string of the molecule is CCN(CC(=O)OC)c1ccc(N=Nc2cc(SC#N)c([N+](=O)[O-])cc2[N+](=O)[O-])c(NC(C)=O)c1. The Morgan fingerprint density at radius 1 is 1.14 bits per heavy atom. The summed E-state index contributed by atoms with van der Waals surface area (Å²) in [7, 11) is 1.26. The van der Waals surface area contributed by atoms with Crippen LogP contribution in [0, 0.1) is 30.9 Å². The van der Waals surface area contributed by atoms with E-state index in [9.17, 15) is 29.8 Å². The molecule has 0 atom stereocenters. The van der Waals surface area contributed by atoms with Gasteiger partial charge in [0.05, 0.1) is 28.7 Å². The largest absolute Gasteiger partial charge is 0.468 e. The number of hydrogen-bond donors (Lipinski definition) is 1. The number of thioether (sulfide) groups is 1. The second-order valence-corrected chi connectivity index (χ2v) is 7.52. The van der Waals surface area contributed by atoms with Gasteiger partial charge in [0.2, 0.25) is 5.91 Å². The minimum Gasteiger partial charge on any atom is -0.468 e. The number of nitro benzene ring substituents is 2. The van der Waals surface area contributed by atoms with Crippen molar-refractivity contribution >= 4 is 57.8 Å². The molecule has 0 heterocycles. The van der Waals surface area contributed by atoms with Gasteiger partial charge in [-0.15, -0.1) is 10.2 Å². The normalized spacial score (nSPS) is 10.5. The lowest BCUT2D eigenvalue weighted by Gasteiger charge is -2.22. The molecule has 2 aromatic rings. The van der Waals surface area contributed by atoms with Crippen LogP contribution in [0.5, 0.6) is 0 Å². The highest BCUT2D eigenvalue weighted by Crippen LogP contribution is 2.40. The van der Waals surface area contributed by atoms with Crippen molar-refractivity contribution in [3.8, 4) is 5.40 Å². The van der Waals surface area contributed by atoms with E-state index in [1.54, 1.807) is 22.4 Å². The number of rotatable bonds is 10. The molecule has 1 N–H and O–H groups in total. The van der Waals surface area contributed by atoms with Gasteiger partial charge in [-0.25, -0.2) is 0 Å². The first kappa shape index (κ1) is 26.7. The maximum Gasteiger partial charge on any atom is 0.325 e. The predicted octanol–water partition coefficient (Wildman–Crippen LogP) is 4.45. The summed E-state index contributed by atoms with van der Waals surface area (Å²) in [5.74, 6) is -0.892. The van der Waals surface area contributed by atoms with Gasteiger partial charge in [-0.1, -0.05) is 0 Å². The molecule has 2 aromatic carbocycles. The number of nitrogens with one attached hydrogen (secondary N) is 1. The monoisotopic (exact) mass is 501 g/mol. The number of benzene rings is 2. The number of nitro groups is 2. The minimum atomic E-state index is -0.855. The van der Waals surface area contributed by atoms with Gasteiger partial charge in [-0.3, -0.25) is 29.8 Å². The van der Waals surface area contributed by atoms with Gasteiger partial charge in [0.15, 0.2) is 5.69 Å². The van der Waals surface area contributed by atoms with E-state index in [-0.39, 0.29) is 28.5 Å². The zero-order chi connectivity index (χ0) is 26.1. The van der Waals surface area contributed by atoms with Crippen molar-refractivity contribution in [2.24, 2.45) is 10.2 Å². The molecule has 0 saturated carbocycles. The Bertz CT molecular complexity index is 1240. The molecule has 182 valence electrons. The Balaban J connectivity index is 2.57. The predicted molar refractivity (Wildman–Crippen MR) is 126 cm³/mol. The fraction of sp³-hybridized carbons (Fsp3) is 0.250. The lowest BCUT2D eigenvalue weighted by molar-refractivity contribution is -0.395. The van der Waals surface area contributed by atoms with Crippen LogP contribution < -0.4 is 10.2 Å². The number of anilines is 2. The van der Waals surface area contributed by atoms with Gasteiger partial charge in [0.25, 0.3) is 5.69 Å². The number of thiocyanates is 1. The van der Waals surface area contributed by atoms with Gasteiger partial charge in [0.1, 0.15) is 22.5 Å². The Morgan fingerprint density at radius 2 is 1.80 bits per heavy atom. The molecule has 0 bridgehead atoms. The van der Waals surface area contributed by atoms with E-state index >= 15 is 0 Å². The summed E-state index contributed by atoms with van der Waals surface area (Å²) in [5, 5.41) is 43.7. The summed E-state index contributed by atoms with van der Waals surface area (Å²) in [6, 6.07) is 6.36. The van der Waals surface area contributed by atoms with Gasteiger partial charge in [-0.05, 0) is 43.0 Å². The molecular formula is C20H19N7O7S. The van der Waals surface area contributed by atoms with Crippen molar-refractivity contribution in [2.75, 3.05) is 30.4 Å². The minimum absolute atomic E-state index is 0.0400. The molecule has 35 heavy (non-hydrogen) atoms. The van der Waals surface area contributed by atoms with E-state index in [1.165, 1.54) is 20.1 Å². The van der Waals surface area contributed by atoms with E-state index < -0.39 is 33.1 Å². The van der Waals surface area contributed by atoms with Crippen molar-refractivity contribution in [2.45, 2.75) is 18.7 Å². The third-order valence-corrected chi connectivity index (χ3v) is 5.09. The molecule has 0 radical (unpaired) electrons. The van der Waals surface area contributed by atoms with Crippen LogP contribution in [0.4, 0.5) is 34.1 Å². The number of azo groups is 1. The molecule has 0 aromatic heterocycles. The fourth-order valence-corrected chi connectivity index (χ4v) is 3.36. The number of ether oxygens (including phenoxy) is 1.